The molecule has 0 saturated heterocycles. The highest BCUT2D eigenvalue weighted by Gasteiger charge is 2.19. The maximum absolute atomic E-state index is 12.2. The number of carbonyl (C=O) groups is 2. The van der Waals surface area contributed by atoms with Crippen molar-refractivity contribution in [3.8, 4) is 11.5 Å². The Kier molecular flexibility index (Phi) is 8.09. The third-order valence-electron chi connectivity index (χ3n) is 3.89. The molecule has 0 aromatic heterocycles. The van der Waals surface area contributed by atoms with Crippen LogP contribution in [0.4, 0.5) is 0 Å². The molecule has 2 aromatic carbocycles. The number of hydrogen-bond donors (Lipinski definition) is 2. The monoisotopic (exact) mass is 383 g/mol. The van der Waals surface area contributed by atoms with Crippen molar-refractivity contribution in [1.29, 1.82) is 0 Å². The third-order valence-corrected chi connectivity index (χ3v) is 3.89. The summed E-state index contributed by atoms with van der Waals surface area (Å²) >= 11 is 0. The summed E-state index contributed by atoms with van der Waals surface area (Å²) in [5, 5.41) is 11.9. The van der Waals surface area contributed by atoms with Gasteiger partial charge >= 0.3 is 5.97 Å². The number of aliphatic carboxylic acids is 1. The molecule has 148 valence electrons. The first kappa shape index (κ1) is 21.0. The Morgan fingerprint density at radius 2 is 1.71 bits per heavy atom. The van der Waals surface area contributed by atoms with Gasteiger partial charge in [-0.2, -0.15) is 0 Å². The highest BCUT2D eigenvalue weighted by atomic mass is 16.5. The number of nitrogens with one attached hydrogen (secondary N) is 1. The van der Waals surface area contributed by atoms with Crippen LogP contribution in [0.5, 0.6) is 11.5 Å². The number of hydrogen-bond acceptors (Lipinski definition) is 4. The van der Waals surface area contributed by atoms with Gasteiger partial charge in [-0.25, -0.2) is 4.79 Å². The minimum Gasteiger partial charge on any atom is -0.490 e. The molecule has 0 spiro atoms. The van der Waals surface area contributed by atoms with Crippen LogP contribution in [0.3, 0.4) is 0 Å². The predicted octanol–water partition coefficient (Wildman–Crippen LogP) is 3.31. The van der Waals surface area contributed by atoms with E-state index in [1.54, 1.807) is 24.3 Å². The number of carboxylic acids is 1. The number of amides is 1. The highest BCUT2D eigenvalue weighted by molar-refractivity contribution is 5.94. The van der Waals surface area contributed by atoms with E-state index in [2.05, 4.69) is 5.32 Å². The van der Waals surface area contributed by atoms with Crippen molar-refractivity contribution in [3.63, 3.8) is 0 Å². The molecule has 0 fully saturated rings. The molecule has 2 N–H and O–H groups in total. The molecule has 0 heterocycles. The average molecular weight is 383 g/mol. The molecule has 0 bridgehead atoms. The van der Waals surface area contributed by atoms with Crippen LogP contribution in [-0.4, -0.2) is 36.2 Å². The van der Waals surface area contributed by atoms with E-state index < -0.39 is 17.9 Å². The van der Waals surface area contributed by atoms with Crippen LogP contribution >= 0.6 is 0 Å². The molecule has 2 rings (SSSR count). The Morgan fingerprint density at radius 3 is 2.36 bits per heavy atom. The van der Waals surface area contributed by atoms with Gasteiger partial charge in [0.2, 0.25) is 5.91 Å². The summed E-state index contributed by atoms with van der Waals surface area (Å²) in [5.41, 5.74) is 1.59. The lowest BCUT2D eigenvalue weighted by Crippen LogP contribution is -2.41. The van der Waals surface area contributed by atoms with Gasteiger partial charge in [-0.3, -0.25) is 4.79 Å². The molecular weight excluding hydrogens is 358 g/mol. The molecule has 0 aliphatic rings. The molecule has 0 aliphatic carbocycles. The van der Waals surface area contributed by atoms with Crippen molar-refractivity contribution >= 4 is 18.0 Å². The van der Waals surface area contributed by atoms with Gasteiger partial charge < -0.3 is 19.9 Å². The summed E-state index contributed by atoms with van der Waals surface area (Å²) in [6.45, 7) is 4.79. The SMILES string of the molecule is CCOc1ccc(/C=C/C(=O)NC(Cc2ccccc2)C(=O)O)cc1OCC. The lowest BCUT2D eigenvalue weighted by Gasteiger charge is -2.13. The van der Waals surface area contributed by atoms with Crippen molar-refractivity contribution < 1.29 is 24.2 Å². The summed E-state index contributed by atoms with van der Waals surface area (Å²) in [6.07, 6.45) is 3.13. The molecule has 6 nitrogen and oxygen atoms in total. The van der Waals surface area contributed by atoms with Gasteiger partial charge in [0.05, 0.1) is 13.2 Å². The van der Waals surface area contributed by atoms with E-state index in [-0.39, 0.29) is 6.42 Å². The lowest BCUT2D eigenvalue weighted by atomic mass is 10.1. The molecule has 1 atom stereocenters. The Labute approximate surface area is 164 Å². The largest absolute Gasteiger partial charge is 0.490 e. The van der Waals surface area contributed by atoms with Gasteiger partial charge in [-0.1, -0.05) is 36.4 Å². The molecule has 0 radical (unpaired) electrons. The van der Waals surface area contributed by atoms with Crippen molar-refractivity contribution in [2.45, 2.75) is 26.3 Å². The summed E-state index contributed by atoms with van der Waals surface area (Å²) in [6, 6.07) is 13.5. The molecule has 0 aliphatic heterocycles. The second-order valence-electron chi connectivity index (χ2n) is 5.99. The Morgan fingerprint density at radius 1 is 1.04 bits per heavy atom. The smallest absolute Gasteiger partial charge is 0.326 e. The zero-order valence-electron chi connectivity index (χ0n) is 16.1. The number of rotatable bonds is 10. The van der Waals surface area contributed by atoms with Gasteiger partial charge in [0.15, 0.2) is 11.5 Å². The lowest BCUT2D eigenvalue weighted by molar-refractivity contribution is -0.141. The van der Waals surface area contributed by atoms with Gasteiger partial charge in [-0.15, -0.1) is 0 Å². The quantitative estimate of drug-likeness (QED) is 0.615. The topological polar surface area (TPSA) is 84.9 Å². The molecule has 2 aromatic rings. The van der Waals surface area contributed by atoms with Crippen molar-refractivity contribution in [3.05, 3.63) is 65.7 Å². The first-order valence-electron chi connectivity index (χ1n) is 9.18. The molecule has 1 amide bonds. The van der Waals surface area contributed by atoms with E-state index in [4.69, 9.17) is 9.47 Å². The molecule has 28 heavy (non-hydrogen) atoms. The first-order chi connectivity index (χ1) is 13.5. The fourth-order valence-corrected chi connectivity index (χ4v) is 2.61. The minimum absolute atomic E-state index is 0.216. The van der Waals surface area contributed by atoms with Crippen LogP contribution in [-0.2, 0) is 16.0 Å². The standard InChI is InChI=1S/C22H25NO5/c1-3-27-19-12-10-17(15-20(19)28-4-2)11-13-21(24)23-18(22(25)26)14-16-8-6-5-7-9-16/h5-13,15,18H,3-4,14H2,1-2H3,(H,23,24)(H,25,26)/b13-11+. The van der Waals surface area contributed by atoms with E-state index in [0.717, 1.165) is 11.1 Å². The van der Waals surface area contributed by atoms with E-state index in [1.165, 1.54) is 6.08 Å². The fraction of sp³-hybridized carbons (Fsp3) is 0.273. The Bertz CT molecular complexity index is 817. The molecule has 1 unspecified atom stereocenters. The van der Waals surface area contributed by atoms with Crippen LogP contribution < -0.4 is 14.8 Å². The van der Waals surface area contributed by atoms with E-state index in [1.807, 2.05) is 44.2 Å². The van der Waals surface area contributed by atoms with Gasteiger partial charge in [-0.05, 0) is 43.2 Å². The highest BCUT2D eigenvalue weighted by Crippen LogP contribution is 2.29. The maximum atomic E-state index is 12.2. The minimum atomic E-state index is -1.08. The van der Waals surface area contributed by atoms with Crippen LogP contribution in [0.25, 0.3) is 6.08 Å². The normalized spacial score (nSPS) is 11.8. The molecule has 6 heteroatoms. The predicted molar refractivity (Wildman–Crippen MR) is 108 cm³/mol. The second kappa shape index (κ2) is 10.8. The van der Waals surface area contributed by atoms with Gasteiger partial charge in [0, 0.05) is 12.5 Å². The zero-order chi connectivity index (χ0) is 20.4. The third kappa shape index (κ3) is 6.46. The van der Waals surface area contributed by atoms with Gasteiger partial charge in [0.25, 0.3) is 0 Å². The summed E-state index contributed by atoms with van der Waals surface area (Å²) in [5.74, 6) is -0.320. The number of carboxylic acid groups (broad SMARTS) is 1. The summed E-state index contributed by atoms with van der Waals surface area (Å²) in [4.78, 5) is 23.6. The average Bonchev–Trinajstić information content (AvgIpc) is 2.68. The van der Waals surface area contributed by atoms with E-state index in [9.17, 15) is 14.7 Å². The van der Waals surface area contributed by atoms with Crippen LogP contribution in [0, 0.1) is 0 Å². The van der Waals surface area contributed by atoms with E-state index in [0.29, 0.717) is 24.7 Å². The van der Waals surface area contributed by atoms with Crippen molar-refractivity contribution in [1.82, 2.24) is 5.32 Å². The second-order valence-corrected chi connectivity index (χ2v) is 5.99. The van der Waals surface area contributed by atoms with Crippen LogP contribution in [0.2, 0.25) is 0 Å². The maximum Gasteiger partial charge on any atom is 0.326 e. The zero-order valence-corrected chi connectivity index (χ0v) is 16.1. The number of benzene rings is 2. The Balaban J connectivity index is 2.04. The fourth-order valence-electron chi connectivity index (χ4n) is 2.61. The first-order valence-corrected chi connectivity index (χ1v) is 9.18. The van der Waals surface area contributed by atoms with Crippen molar-refractivity contribution in [2.75, 3.05) is 13.2 Å². The van der Waals surface area contributed by atoms with Crippen LogP contribution in [0.15, 0.2) is 54.6 Å². The summed E-state index contributed by atoms with van der Waals surface area (Å²) in [7, 11) is 0. The van der Waals surface area contributed by atoms with Gasteiger partial charge in [0.1, 0.15) is 6.04 Å². The number of ether oxygens (including phenoxy) is 2. The molecular formula is C22H25NO5. The summed E-state index contributed by atoms with van der Waals surface area (Å²) < 4.78 is 11.1. The van der Waals surface area contributed by atoms with E-state index >= 15 is 0 Å². The molecule has 0 saturated carbocycles. The Hall–Kier alpha value is -3.28. The van der Waals surface area contributed by atoms with Crippen LogP contribution in [0.1, 0.15) is 25.0 Å². The van der Waals surface area contributed by atoms with Crippen molar-refractivity contribution in [2.24, 2.45) is 0 Å². The number of carbonyl (C=O) groups excluding carboxylic acids is 1.